The second-order valence-electron chi connectivity index (χ2n) is 4.84. The van der Waals surface area contributed by atoms with Crippen molar-refractivity contribution < 1.29 is 17.9 Å². The van der Waals surface area contributed by atoms with Gasteiger partial charge >= 0.3 is 5.97 Å². The molecule has 1 aliphatic rings. The molecule has 1 aliphatic heterocycles. The van der Waals surface area contributed by atoms with Gasteiger partial charge in [-0.25, -0.2) is 8.42 Å². The standard InChI is InChI=1S/C14H18ClNO4S/c1-2-20-14(17)13-8-3-4-9-16(13)21(18,19)12-7-5-6-11(15)10-12/h5-7,10,13H,2-4,8-9H2,1H3. The molecule has 0 saturated carbocycles. The van der Waals surface area contributed by atoms with Crippen molar-refractivity contribution in [3.63, 3.8) is 0 Å². The van der Waals surface area contributed by atoms with E-state index in [1.54, 1.807) is 19.1 Å². The van der Waals surface area contributed by atoms with Crippen LogP contribution in [0.25, 0.3) is 0 Å². The number of benzene rings is 1. The highest BCUT2D eigenvalue weighted by Crippen LogP contribution is 2.27. The zero-order valence-electron chi connectivity index (χ0n) is 11.8. The van der Waals surface area contributed by atoms with Gasteiger partial charge in [0.2, 0.25) is 10.0 Å². The first-order valence-electron chi connectivity index (χ1n) is 6.91. The number of sulfonamides is 1. The number of hydrogen-bond acceptors (Lipinski definition) is 4. The lowest BCUT2D eigenvalue weighted by atomic mass is 10.1. The zero-order valence-corrected chi connectivity index (χ0v) is 13.4. The SMILES string of the molecule is CCOC(=O)C1CCCCN1S(=O)(=O)c1cccc(Cl)c1. The Morgan fingerprint density at radius 2 is 2.19 bits per heavy atom. The first-order valence-corrected chi connectivity index (χ1v) is 8.72. The molecular formula is C14H18ClNO4S. The lowest BCUT2D eigenvalue weighted by molar-refractivity contribution is -0.148. The molecule has 0 amide bonds. The highest BCUT2D eigenvalue weighted by atomic mass is 35.5. The maximum Gasteiger partial charge on any atom is 0.324 e. The van der Waals surface area contributed by atoms with E-state index in [2.05, 4.69) is 0 Å². The molecule has 21 heavy (non-hydrogen) atoms. The van der Waals surface area contributed by atoms with Gasteiger partial charge in [0.25, 0.3) is 0 Å². The number of esters is 1. The molecule has 1 fully saturated rings. The summed E-state index contributed by atoms with van der Waals surface area (Å²) in [6, 6.07) is 5.33. The normalized spacial score (nSPS) is 20.2. The second kappa shape index (κ2) is 6.77. The van der Waals surface area contributed by atoms with Crippen molar-refractivity contribution in [2.24, 2.45) is 0 Å². The quantitative estimate of drug-likeness (QED) is 0.795. The summed E-state index contributed by atoms with van der Waals surface area (Å²) in [5.41, 5.74) is 0. The van der Waals surface area contributed by atoms with E-state index in [1.165, 1.54) is 16.4 Å². The molecule has 116 valence electrons. The van der Waals surface area contributed by atoms with Crippen molar-refractivity contribution in [2.45, 2.75) is 37.1 Å². The summed E-state index contributed by atoms with van der Waals surface area (Å²) in [5, 5.41) is 0.348. The fraction of sp³-hybridized carbons (Fsp3) is 0.500. The predicted molar refractivity (Wildman–Crippen MR) is 79.6 cm³/mol. The lowest BCUT2D eigenvalue weighted by Gasteiger charge is -2.32. The second-order valence-corrected chi connectivity index (χ2v) is 7.16. The largest absolute Gasteiger partial charge is 0.465 e. The Balaban J connectivity index is 2.34. The van der Waals surface area contributed by atoms with Gasteiger partial charge in [-0.2, -0.15) is 4.31 Å². The summed E-state index contributed by atoms with van der Waals surface area (Å²) >= 11 is 5.86. The Labute approximate surface area is 129 Å². The van der Waals surface area contributed by atoms with Crippen LogP contribution in [0, 0.1) is 0 Å². The molecule has 1 heterocycles. The molecule has 1 aromatic carbocycles. The van der Waals surface area contributed by atoms with Crippen molar-refractivity contribution in [3.8, 4) is 0 Å². The summed E-state index contributed by atoms with van der Waals surface area (Å²) in [4.78, 5) is 12.1. The summed E-state index contributed by atoms with van der Waals surface area (Å²) in [6.07, 6.45) is 2.03. The molecular weight excluding hydrogens is 314 g/mol. The van der Waals surface area contributed by atoms with Crippen LogP contribution in [0.3, 0.4) is 0 Å². The molecule has 1 aromatic rings. The van der Waals surface area contributed by atoms with E-state index in [0.29, 0.717) is 18.0 Å². The topological polar surface area (TPSA) is 63.7 Å². The molecule has 1 unspecified atom stereocenters. The first kappa shape index (κ1) is 16.3. The number of ether oxygens (including phenoxy) is 1. The summed E-state index contributed by atoms with van der Waals surface area (Å²) in [5.74, 6) is -0.484. The van der Waals surface area contributed by atoms with Gasteiger partial charge in [0.05, 0.1) is 11.5 Å². The van der Waals surface area contributed by atoms with Crippen LogP contribution in [0.4, 0.5) is 0 Å². The zero-order chi connectivity index (χ0) is 15.5. The Hall–Kier alpha value is -1.11. The highest BCUT2D eigenvalue weighted by molar-refractivity contribution is 7.89. The van der Waals surface area contributed by atoms with Crippen LogP contribution in [0.15, 0.2) is 29.2 Å². The maximum absolute atomic E-state index is 12.7. The molecule has 1 atom stereocenters. The lowest BCUT2D eigenvalue weighted by Crippen LogP contribution is -2.48. The molecule has 0 spiro atoms. The van der Waals surface area contributed by atoms with Gasteiger partial charge in [-0.15, -0.1) is 0 Å². The Morgan fingerprint density at radius 1 is 1.43 bits per heavy atom. The van der Waals surface area contributed by atoms with E-state index in [-0.39, 0.29) is 11.5 Å². The van der Waals surface area contributed by atoms with Crippen LogP contribution in [0.1, 0.15) is 26.2 Å². The molecule has 2 rings (SSSR count). The van der Waals surface area contributed by atoms with E-state index in [4.69, 9.17) is 16.3 Å². The molecule has 7 heteroatoms. The van der Waals surface area contributed by atoms with Crippen LogP contribution >= 0.6 is 11.6 Å². The van der Waals surface area contributed by atoms with Crippen LogP contribution in [-0.4, -0.2) is 37.9 Å². The average Bonchev–Trinajstić information content (AvgIpc) is 2.47. The van der Waals surface area contributed by atoms with Gasteiger partial charge in [-0.3, -0.25) is 4.79 Å². The molecule has 5 nitrogen and oxygen atoms in total. The van der Waals surface area contributed by atoms with Crippen LogP contribution in [-0.2, 0) is 19.6 Å². The highest BCUT2D eigenvalue weighted by Gasteiger charge is 2.38. The smallest absolute Gasteiger partial charge is 0.324 e. The average molecular weight is 332 g/mol. The fourth-order valence-electron chi connectivity index (χ4n) is 2.43. The van der Waals surface area contributed by atoms with Gasteiger partial charge in [-0.1, -0.05) is 17.7 Å². The molecule has 0 bridgehead atoms. The Bertz CT molecular complexity index is 617. The fourth-order valence-corrected chi connectivity index (χ4v) is 4.38. The van der Waals surface area contributed by atoms with Crippen molar-refractivity contribution in [1.82, 2.24) is 4.31 Å². The van der Waals surface area contributed by atoms with Crippen LogP contribution in [0.2, 0.25) is 5.02 Å². The van der Waals surface area contributed by atoms with Gasteiger partial charge in [-0.05, 0) is 44.4 Å². The van der Waals surface area contributed by atoms with Crippen molar-refractivity contribution in [2.75, 3.05) is 13.2 Å². The van der Waals surface area contributed by atoms with Crippen molar-refractivity contribution >= 4 is 27.6 Å². The number of carbonyl (C=O) groups excluding carboxylic acids is 1. The van der Waals surface area contributed by atoms with Crippen molar-refractivity contribution in [1.29, 1.82) is 0 Å². The van der Waals surface area contributed by atoms with Gasteiger partial charge < -0.3 is 4.74 Å². The summed E-state index contributed by atoms with van der Waals surface area (Å²) in [6.45, 7) is 2.26. The number of halogens is 1. The number of rotatable bonds is 4. The minimum atomic E-state index is -3.75. The molecule has 1 saturated heterocycles. The number of nitrogens with zero attached hydrogens (tertiary/aromatic N) is 1. The number of hydrogen-bond donors (Lipinski definition) is 0. The number of carbonyl (C=O) groups is 1. The van der Waals surface area contributed by atoms with Gasteiger partial charge in [0, 0.05) is 11.6 Å². The van der Waals surface area contributed by atoms with E-state index >= 15 is 0 Å². The molecule has 0 radical (unpaired) electrons. The van der Waals surface area contributed by atoms with Gasteiger partial charge in [0.1, 0.15) is 6.04 Å². The monoisotopic (exact) mass is 331 g/mol. The van der Waals surface area contributed by atoms with Crippen LogP contribution in [0.5, 0.6) is 0 Å². The predicted octanol–water partition coefficient (Wildman–Crippen LogP) is 2.45. The van der Waals surface area contributed by atoms with Gasteiger partial charge in [0.15, 0.2) is 0 Å². The van der Waals surface area contributed by atoms with Crippen molar-refractivity contribution in [3.05, 3.63) is 29.3 Å². The van der Waals surface area contributed by atoms with E-state index in [1.807, 2.05) is 0 Å². The minimum absolute atomic E-state index is 0.103. The molecule has 0 N–H and O–H groups in total. The van der Waals surface area contributed by atoms with E-state index in [0.717, 1.165) is 12.8 Å². The minimum Gasteiger partial charge on any atom is -0.465 e. The Morgan fingerprint density at radius 3 is 2.86 bits per heavy atom. The third kappa shape index (κ3) is 3.56. The van der Waals surface area contributed by atoms with E-state index in [9.17, 15) is 13.2 Å². The first-order chi connectivity index (χ1) is 9.96. The third-order valence-corrected chi connectivity index (χ3v) is 5.55. The Kier molecular flexibility index (Phi) is 5.24. The number of piperidine rings is 1. The maximum atomic E-state index is 12.7. The van der Waals surface area contributed by atoms with E-state index < -0.39 is 22.0 Å². The third-order valence-electron chi connectivity index (χ3n) is 3.42. The molecule has 0 aromatic heterocycles. The molecule has 0 aliphatic carbocycles. The summed E-state index contributed by atoms with van der Waals surface area (Å²) < 4.78 is 31.7. The van der Waals surface area contributed by atoms with Crippen LogP contribution < -0.4 is 0 Å². The summed E-state index contributed by atoms with van der Waals surface area (Å²) in [7, 11) is -3.75.